The Balaban J connectivity index is 1.36. The fraction of sp³-hybridized carbons (Fsp3) is 0.227. The maximum Gasteiger partial charge on any atom is 0.253 e. The van der Waals surface area contributed by atoms with Gasteiger partial charge in [-0.15, -0.1) is 5.10 Å². The Kier molecular flexibility index (Phi) is 4.78. The fourth-order valence-electron chi connectivity index (χ4n) is 3.75. The van der Waals surface area contributed by atoms with E-state index in [0.29, 0.717) is 54.4 Å². The summed E-state index contributed by atoms with van der Waals surface area (Å²) in [6.45, 7) is 4.40. The normalized spacial score (nSPS) is 14.3. The van der Waals surface area contributed by atoms with E-state index in [0.717, 1.165) is 5.56 Å². The largest absolute Gasteiger partial charge is 0.351 e. The summed E-state index contributed by atoms with van der Waals surface area (Å²) in [6, 6.07) is 13.7. The first-order chi connectivity index (χ1) is 15.1. The SMILES string of the molecule is Cc1ccc(C(=O)N2CCN(c3ncnc4c3nnn4-c3cccc(F)c3)CC2)cc1. The third-order valence-electron chi connectivity index (χ3n) is 5.44. The van der Waals surface area contributed by atoms with Crippen LogP contribution in [0.3, 0.4) is 0 Å². The Morgan fingerprint density at radius 1 is 1.00 bits per heavy atom. The number of nitrogens with zero attached hydrogens (tertiary/aromatic N) is 7. The van der Waals surface area contributed by atoms with Gasteiger partial charge in [-0.1, -0.05) is 29.0 Å². The van der Waals surface area contributed by atoms with E-state index in [1.165, 1.54) is 23.1 Å². The molecule has 0 bridgehead atoms. The molecule has 3 heterocycles. The molecule has 9 heteroatoms. The zero-order valence-corrected chi connectivity index (χ0v) is 16.9. The van der Waals surface area contributed by atoms with Crippen molar-refractivity contribution in [3.63, 3.8) is 0 Å². The van der Waals surface area contributed by atoms with Crippen LogP contribution in [0.15, 0.2) is 54.9 Å². The number of aromatic nitrogens is 5. The van der Waals surface area contributed by atoms with Gasteiger partial charge in [0.15, 0.2) is 17.0 Å². The van der Waals surface area contributed by atoms with Gasteiger partial charge in [-0.2, -0.15) is 4.68 Å². The smallest absolute Gasteiger partial charge is 0.253 e. The third-order valence-corrected chi connectivity index (χ3v) is 5.44. The van der Waals surface area contributed by atoms with Crippen LogP contribution in [-0.4, -0.2) is 61.9 Å². The highest BCUT2D eigenvalue weighted by Crippen LogP contribution is 2.24. The summed E-state index contributed by atoms with van der Waals surface area (Å²) < 4.78 is 15.1. The number of benzene rings is 2. The summed E-state index contributed by atoms with van der Waals surface area (Å²) in [5.41, 5.74) is 3.42. The molecule has 8 nitrogen and oxygen atoms in total. The van der Waals surface area contributed by atoms with Gasteiger partial charge in [0.2, 0.25) is 0 Å². The Morgan fingerprint density at radius 2 is 1.77 bits per heavy atom. The van der Waals surface area contributed by atoms with Gasteiger partial charge in [-0.25, -0.2) is 14.4 Å². The van der Waals surface area contributed by atoms with Crippen molar-refractivity contribution in [1.82, 2.24) is 29.9 Å². The average Bonchev–Trinajstić information content (AvgIpc) is 3.24. The van der Waals surface area contributed by atoms with E-state index >= 15 is 0 Å². The number of fused-ring (bicyclic) bond motifs is 1. The lowest BCUT2D eigenvalue weighted by Crippen LogP contribution is -2.49. The summed E-state index contributed by atoms with van der Waals surface area (Å²) in [6.07, 6.45) is 1.46. The van der Waals surface area contributed by atoms with E-state index in [4.69, 9.17) is 0 Å². The van der Waals surface area contributed by atoms with Crippen LogP contribution in [0, 0.1) is 12.7 Å². The highest BCUT2D eigenvalue weighted by Gasteiger charge is 2.25. The fourth-order valence-corrected chi connectivity index (χ4v) is 3.75. The van der Waals surface area contributed by atoms with Crippen molar-refractivity contribution in [1.29, 1.82) is 0 Å². The van der Waals surface area contributed by atoms with Gasteiger partial charge in [-0.05, 0) is 37.3 Å². The number of carbonyl (C=O) groups is 1. The molecule has 0 N–H and O–H groups in total. The third kappa shape index (κ3) is 3.58. The molecular formula is C22H20FN7O. The number of aryl methyl sites for hydroxylation is 1. The Hall–Kier alpha value is -3.88. The van der Waals surface area contributed by atoms with Crippen LogP contribution in [0.1, 0.15) is 15.9 Å². The molecule has 0 spiro atoms. The molecule has 0 aliphatic carbocycles. The van der Waals surface area contributed by atoms with Crippen LogP contribution in [0.25, 0.3) is 16.9 Å². The van der Waals surface area contributed by atoms with Crippen molar-refractivity contribution in [3.8, 4) is 5.69 Å². The molecule has 1 fully saturated rings. The summed E-state index contributed by atoms with van der Waals surface area (Å²) in [4.78, 5) is 25.4. The van der Waals surface area contributed by atoms with Gasteiger partial charge >= 0.3 is 0 Å². The molecule has 0 saturated carbocycles. The van der Waals surface area contributed by atoms with Crippen LogP contribution in [-0.2, 0) is 0 Å². The lowest BCUT2D eigenvalue weighted by atomic mass is 10.1. The van der Waals surface area contributed by atoms with Crippen LogP contribution in [0.4, 0.5) is 10.2 Å². The number of hydrogen-bond acceptors (Lipinski definition) is 6. The van der Waals surface area contributed by atoms with E-state index in [9.17, 15) is 9.18 Å². The van der Waals surface area contributed by atoms with Crippen molar-refractivity contribution < 1.29 is 9.18 Å². The summed E-state index contributed by atoms with van der Waals surface area (Å²) in [7, 11) is 0. The Labute approximate surface area is 177 Å². The maximum absolute atomic E-state index is 13.6. The van der Waals surface area contributed by atoms with Gasteiger partial charge < -0.3 is 9.80 Å². The molecule has 1 saturated heterocycles. The molecule has 0 unspecified atom stereocenters. The summed E-state index contributed by atoms with van der Waals surface area (Å²) in [5.74, 6) is 0.337. The van der Waals surface area contributed by atoms with E-state index < -0.39 is 0 Å². The zero-order chi connectivity index (χ0) is 21.4. The summed E-state index contributed by atoms with van der Waals surface area (Å²) in [5, 5.41) is 8.41. The number of halogens is 1. The molecule has 1 aliphatic rings. The van der Waals surface area contributed by atoms with Crippen molar-refractivity contribution in [3.05, 3.63) is 71.8 Å². The maximum atomic E-state index is 13.6. The van der Waals surface area contributed by atoms with Gasteiger partial charge in [0.1, 0.15) is 12.1 Å². The molecule has 2 aromatic heterocycles. The second-order valence-corrected chi connectivity index (χ2v) is 7.50. The number of piperazine rings is 1. The molecule has 4 aromatic rings. The molecule has 2 aromatic carbocycles. The van der Waals surface area contributed by atoms with Crippen molar-refractivity contribution in [2.24, 2.45) is 0 Å². The van der Waals surface area contributed by atoms with Crippen LogP contribution in [0.5, 0.6) is 0 Å². The summed E-state index contributed by atoms with van der Waals surface area (Å²) >= 11 is 0. The molecule has 0 atom stereocenters. The van der Waals surface area contributed by atoms with E-state index in [-0.39, 0.29) is 11.7 Å². The first-order valence-corrected chi connectivity index (χ1v) is 10.0. The van der Waals surface area contributed by atoms with Gasteiger partial charge in [0.25, 0.3) is 5.91 Å². The lowest BCUT2D eigenvalue weighted by molar-refractivity contribution is 0.0746. The zero-order valence-electron chi connectivity index (χ0n) is 16.9. The van der Waals surface area contributed by atoms with Crippen molar-refractivity contribution >= 4 is 22.9 Å². The predicted molar refractivity (Wildman–Crippen MR) is 114 cm³/mol. The minimum absolute atomic E-state index is 0.0320. The van der Waals surface area contributed by atoms with Crippen molar-refractivity contribution in [2.75, 3.05) is 31.1 Å². The minimum atomic E-state index is -0.357. The monoisotopic (exact) mass is 417 g/mol. The van der Waals surface area contributed by atoms with Crippen LogP contribution < -0.4 is 4.90 Å². The second-order valence-electron chi connectivity index (χ2n) is 7.50. The second kappa shape index (κ2) is 7.75. The van der Waals surface area contributed by atoms with Gasteiger partial charge in [0, 0.05) is 31.7 Å². The minimum Gasteiger partial charge on any atom is -0.351 e. The molecule has 156 valence electrons. The lowest BCUT2D eigenvalue weighted by Gasteiger charge is -2.35. The number of hydrogen-bond donors (Lipinski definition) is 0. The Bertz CT molecular complexity index is 1250. The topological polar surface area (TPSA) is 80.0 Å². The molecule has 31 heavy (non-hydrogen) atoms. The molecular weight excluding hydrogens is 397 g/mol. The predicted octanol–water partition coefficient (Wildman–Crippen LogP) is 2.62. The van der Waals surface area contributed by atoms with Gasteiger partial charge in [-0.3, -0.25) is 4.79 Å². The molecule has 0 radical (unpaired) electrons. The molecule has 1 amide bonds. The van der Waals surface area contributed by atoms with E-state index in [1.807, 2.05) is 36.1 Å². The first kappa shape index (κ1) is 19.1. The molecule has 5 rings (SSSR count). The highest BCUT2D eigenvalue weighted by atomic mass is 19.1. The van der Waals surface area contributed by atoms with E-state index in [1.54, 1.807) is 12.1 Å². The highest BCUT2D eigenvalue weighted by molar-refractivity contribution is 5.94. The average molecular weight is 417 g/mol. The number of carbonyl (C=O) groups excluding carboxylic acids is 1. The Morgan fingerprint density at radius 3 is 2.52 bits per heavy atom. The first-order valence-electron chi connectivity index (χ1n) is 10.0. The van der Waals surface area contributed by atoms with Gasteiger partial charge in [0.05, 0.1) is 5.69 Å². The quantitative estimate of drug-likeness (QED) is 0.510. The van der Waals surface area contributed by atoms with Crippen LogP contribution in [0.2, 0.25) is 0 Å². The van der Waals surface area contributed by atoms with E-state index in [2.05, 4.69) is 25.2 Å². The standard InChI is InChI=1S/C22H20FN7O/c1-15-5-7-16(8-6-15)22(31)29-11-9-28(10-12-29)20-19-21(25-14-24-20)30(27-26-19)18-4-2-3-17(23)13-18/h2-8,13-14H,9-12H2,1H3. The van der Waals surface area contributed by atoms with Crippen LogP contribution >= 0.6 is 0 Å². The molecule has 1 aliphatic heterocycles. The number of anilines is 1. The van der Waals surface area contributed by atoms with Crippen molar-refractivity contribution in [2.45, 2.75) is 6.92 Å². The number of amides is 1. The number of rotatable bonds is 3.